The lowest BCUT2D eigenvalue weighted by atomic mass is 9.94. The molecule has 0 radical (unpaired) electrons. The minimum atomic E-state index is -3.87. The Morgan fingerprint density at radius 1 is 0.821 bits per heavy atom. The molecule has 0 spiro atoms. The van der Waals surface area contributed by atoms with Crippen LogP contribution in [0.3, 0.4) is 0 Å². The van der Waals surface area contributed by atoms with Crippen LogP contribution in [0.5, 0.6) is 0 Å². The summed E-state index contributed by atoms with van der Waals surface area (Å²) in [5.74, 6) is -5.49. The molecule has 0 amide bonds. The van der Waals surface area contributed by atoms with Crippen molar-refractivity contribution in [3.63, 3.8) is 0 Å². The van der Waals surface area contributed by atoms with Crippen LogP contribution in [0, 0.1) is 0 Å². The number of benzene rings is 3. The largest absolute Gasteiger partial charge is 0.461 e. The maximum absolute atomic E-state index is 15.2. The fourth-order valence-corrected chi connectivity index (χ4v) is 4.44. The highest BCUT2D eigenvalue weighted by Gasteiger charge is 2.55. The first-order chi connectivity index (χ1) is 19.0. The number of hydrogen-bond acceptors (Lipinski definition) is 6. The van der Waals surface area contributed by atoms with Crippen LogP contribution in [0.15, 0.2) is 91.0 Å². The van der Waals surface area contributed by atoms with Crippen molar-refractivity contribution in [3.05, 3.63) is 108 Å². The van der Waals surface area contributed by atoms with E-state index in [9.17, 15) is 4.79 Å². The van der Waals surface area contributed by atoms with Crippen LogP contribution in [0.2, 0.25) is 0 Å². The molecule has 4 rings (SSSR count). The Balaban J connectivity index is 1.56. The van der Waals surface area contributed by atoms with Crippen LogP contribution in [0.25, 0.3) is 0 Å². The maximum atomic E-state index is 15.2. The summed E-state index contributed by atoms with van der Waals surface area (Å²) in [5.41, 5.74) is 2.74. The molecule has 1 heterocycles. The van der Waals surface area contributed by atoms with Crippen LogP contribution < -0.4 is 0 Å². The van der Waals surface area contributed by atoms with Crippen LogP contribution >= 0.6 is 0 Å². The van der Waals surface area contributed by atoms with Crippen molar-refractivity contribution in [2.75, 3.05) is 13.2 Å². The number of alkyl halides is 2. The van der Waals surface area contributed by atoms with E-state index in [1.54, 1.807) is 0 Å². The fourth-order valence-electron chi connectivity index (χ4n) is 4.44. The van der Waals surface area contributed by atoms with E-state index in [4.69, 9.17) is 18.9 Å². The van der Waals surface area contributed by atoms with Crippen molar-refractivity contribution >= 4 is 5.97 Å². The maximum Gasteiger partial charge on any atom is 0.379 e. The smallest absolute Gasteiger partial charge is 0.379 e. The van der Waals surface area contributed by atoms with Gasteiger partial charge in [0.15, 0.2) is 0 Å². The summed E-state index contributed by atoms with van der Waals surface area (Å²) in [7, 11) is 0. The molecule has 39 heavy (non-hydrogen) atoms. The highest BCUT2D eigenvalue weighted by atomic mass is 19.3. The lowest BCUT2D eigenvalue weighted by Gasteiger charge is -2.43. The van der Waals surface area contributed by atoms with Crippen LogP contribution in [0.1, 0.15) is 30.0 Å². The molecule has 0 saturated carbocycles. The molecule has 3 aromatic carbocycles. The molecule has 208 valence electrons. The zero-order chi connectivity index (χ0) is 27.5. The zero-order valence-corrected chi connectivity index (χ0v) is 21.9. The van der Waals surface area contributed by atoms with Crippen molar-refractivity contribution in [1.82, 2.24) is 0 Å². The van der Waals surface area contributed by atoms with Crippen LogP contribution in [0.4, 0.5) is 8.78 Å². The third kappa shape index (κ3) is 8.16. The number of esters is 1. The first-order valence-corrected chi connectivity index (χ1v) is 13.1. The molecule has 1 fully saturated rings. The summed E-state index contributed by atoms with van der Waals surface area (Å²) >= 11 is 0. The van der Waals surface area contributed by atoms with Gasteiger partial charge in [0.1, 0.15) is 18.3 Å². The summed E-state index contributed by atoms with van der Waals surface area (Å²) in [4.78, 5) is 12.2. The minimum absolute atomic E-state index is 0.0328. The molecule has 1 saturated heterocycles. The molecule has 1 aliphatic rings. The first-order valence-electron chi connectivity index (χ1n) is 13.1. The second kappa shape index (κ2) is 14.3. The van der Waals surface area contributed by atoms with E-state index in [0.29, 0.717) is 0 Å². The lowest BCUT2D eigenvalue weighted by Crippen LogP contribution is -2.58. The van der Waals surface area contributed by atoms with Crippen molar-refractivity contribution in [2.24, 2.45) is 0 Å². The molecular formula is C31H34F2O6. The van der Waals surface area contributed by atoms with E-state index in [0.717, 1.165) is 16.7 Å². The predicted molar refractivity (Wildman–Crippen MR) is 141 cm³/mol. The fraction of sp³-hybridized carbons (Fsp3) is 0.387. The third-order valence-corrected chi connectivity index (χ3v) is 6.46. The van der Waals surface area contributed by atoms with Gasteiger partial charge in [-0.1, -0.05) is 91.0 Å². The van der Waals surface area contributed by atoms with E-state index < -0.39 is 36.3 Å². The van der Waals surface area contributed by atoms with Gasteiger partial charge in [-0.3, -0.25) is 0 Å². The molecule has 8 heteroatoms. The van der Waals surface area contributed by atoms with E-state index in [1.165, 1.54) is 6.92 Å². The van der Waals surface area contributed by atoms with Crippen molar-refractivity contribution in [2.45, 2.75) is 63.5 Å². The molecular weight excluding hydrogens is 506 g/mol. The first kappa shape index (κ1) is 28.8. The number of halogens is 2. The van der Waals surface area contributed by atoms with Gasteiger partial charge < -0.3 is 23.7 Å². The standard InChI is InChI=1S/C31H34F2O6/c1-2-36-30(34)31(32,33)28-18-26(37-20-24-14-8-4-9-15-24)29(38-21-25-16-10-5-11-17-25)27(39-28)22-35-19-23-12-6-3-7-13-23/h3-17,26-29H,2,18-22H2,1H3. The van der Waals surface area contributed by atoms with Gasteiger partial charge in [0.25, 0.3) is 0 Å². The highest BCUT2D eigenvalue weighted by Crippen LogP contribution is 2.36. The highest BCUT2D eigenvalue weighted by molar-refractivity contribution is 5.78. The lowest BCUT2D eigenvalue weighted by molar-refractivity contribution is -0.263. The average molecular weight is 541 g/mol. The number of ether oxygens (including phenoxy) is 5. The molecule has 0 aromatic heterocycles. The Morgan fingerprint density at radius 3 is 1.87 bits per heavy atom. The molecule has 3 aromatic rings. The van der Waals surface area contributed by atoms with Crippen LogP contribution in [-0.4, -0.2) is 49.5 Å². The predicted octanol–water partition coefficient (Wildman–Crippen LogP) is 5.73. The SMILES string of the molecule is CCOC(=O)C(F)(F)C1CC(OCc2ccccc2)C(OCc2ccccc2)C(COCc2ccccc2)O1. The van der Waals surface area contributed by atoms with E-state index in [1.807, 2.05) is 91.0 Å². The molecule has 4 unspecified atom stereocenters. The normalized spacial score (nSPS) is 21.4. The average Bonchev–Trinajstić information content (AvgIpc) is 2.97. The summed E-state index contributed by atoms with van der Waals surface area (Å²) in [6, 6.07) is 28.5. The molecule has 6 nitrogen and oxygen atoms in total. The minimum Gasteiger partial charge on any atom is -0.461 e. The van der Waals surface area contributed by atoms with Gasteiger partial charge in [-0.2, -0.15) is 8.78 Å². The van der Waals surface area contributed by atoms with E-state index in [2.05, 4.69) is 4.74 Å². The summed E-state index contributed by atoms with van der Waals surface area (Å²) in [5, 5.41) is 0. The van der Waals surface area contributed by atoms with Gasteiger partial charge in [-0.05, 0) is 23.6 Å². The van der Waals surface area contributed by atoms with E-state index in [-0.39, 0.29) is 39.5 Å². The van der Waals surface area contributed by atoms with Gasteiger partial charge in [-0.15, -0.1) is 0 Å². The monoisotopic (exact) mass is 540 g/mol. The molecule has 0 N–H and O–H groups in total. The Labute approximate surface area is 227 Å². The van der Waals surface area contributed by atoms with Gasteiger partial charge in [0.05, 0.1) is 39.1 Å². The van der Waals surface area contributed by atoms with Gasteiger partial charge in [0, 0.05) is 6.42 Å². The number of hydrogen-bond donors (Lipinski definition) is 0. The van der Waals surface area contributed by atoms with Gasteiger partial charge in [-0.25, -0.2) is 4.79 Å². The molecule has 1 aliphatic heterocycles. The third-order valence-electron chi connectivity index (χ3n) is 6.46. The number of rotatable bonds is 13. The second-order valence-corrected chi connectivity index (χ2v) is 9.34. The number of carbonyl (C=O) groups excluding carboxylic acids is 1. The Bertz CT molecular complexity index is 1130. The zero-order valence-electron chi connectivity index (χ0n) is 21.9. The van der Waals surface area contributed by atoms with Gasteiger partial charge >= 0.3 is 11.9 Å². The summed E-state index contributed by atoms with van der Waals surface area (Å²) < 4.78 is 59.3. The Hall–Kier alpha value is -3.17. The molecule has 0 bridgehead atoms. The summed E-state index contributed by atoms with van der Waals surface area (Å²) in [6.45, 7) is 1.96. The number of carbonyl (C=O) groups is 1. The van der Waals surface area contributed by atoms with Crippen molar-refractivity contribution in [3.8, 4) is 0 Å². The van der Waals surface area contributed by atoms with Crippen molar-refractivity contribution < 1.29 is 37.3 Å². The Kier molecular flexibility index (Phi) is 10.6. The topological polar surface area (TPSA) is 63.2 Å². The quantitative estimate of drug-likeness (QED) is 0.258. The molecule has 4 atom stereocenters. The van der Waals surface area contributed by atoms with E-state index >= 15 is 8.78 Å². The second-order valence-electron chi connectivity index (χ2n) is 9.34. The molecule has 0 aliphatic carbocycles. The van der Waals surface area contributed by atoms with Crippen LogP contribution in [-0.2, 0) is 48.3 Å². The Morgan fingerprint density at radius 2 is 1.33 bits per heavy atom. The van der Waals surface area contributed by atoms with Crippen molar-refractivity contribution in [1.29, 1.82) is 0 Å². The van der Waals surface area contributed by atoms with Gasteiger partial charge in [0.2, 0.25) is 0 Å². The summed E-state index contributed by atoms with van der Waals surface area (Å²) in [6.07, 6.45) is -4.46.